The summed E-state index contributed by atoms with van der Waals surface area (Å²) in [5, 5.41) is 4.04. The van der Waals surface area contributed by atoms with Crippen LogP contribution in [0.5, 0.6) is 0 Å². The van der Waals surface area contributed by atoms with Crippen molar-refractivity contribution in [3.05, 3.63) is 34.6 Å². The summed E-state index contributed by atoms with van der Waals surface area (Å²) >= 11 is 6.00. The van der Waals surface area contributed by atoms with E-state index in [0.717, 1.165) is 19.4 Å². The SMILES string of the molecule is CCCNC(CC(C)CCC)c1cc(Cl)ccc1F. The van der Waals surface area contributed by atoms with Gasteiger partial charge in [0.15, 0.2) is 0 Å². The Morgan fingerprint density at radius 2 is 2.00 bits per heavy atom. The van der Waals surface area contributed by atoms with Crippen molar-refractivity contribution in [1.82, 2.24) is 5.32 Å². The second kappa shape index (κ2) is 8.55. The first-order valence-corrected chi connectivity index (χ1v) is 7.64. The fourth-order valence-corrected chi connectivity index (χ4v) is 2.61. The molecule has 1 rings (SSSR count). The van der Waals surface area contributed by atoms with Crippen LogP contribution in [0.25, 0.3) is 0 Å². The Hall–Kier alpha value is -0.600. The molecule has 0 saturated carbocycles. The van der Waals surface area contributed by atoms with Crippen LogP contribution in [-0.2, 0) is 0 Å². The van der Waals surface area contributed by atoms with Crippen LogP contribution in [0.2, 0.25) is 5.02 Å². The molecular weight excluding hydrogens is 261 g/mol. The lowest BCUT2D eigenvalue weighted by atomic mass is 9.92. The summed E-state index contributed by atoms with van der Waals surface area (Å²) in [4.78, 5) is 0. The summed E-state index contributed by atoms with van der Waals surface area (Å²) in [5.41, 5.74) is 0.698. The molecule has 1 aromatic rings. The topological polar surface area (TPSA) is 12.0 Å². The monoisotopic (exact) mass is 285 g/mol. The van der Waals surface area contributed by atoms with Crippen LogP contribution in [0, 0.1) is 11.7 Å². The molecule has 19 heavy (non-hydrogen) atoms. The van der Waals surface area contributed by atoms with Gasteiger partial charge in [-0.05, 0) is 43.5 Å². The summed E-state index contributed by atoms with van der Waals surface area (Å²) in [6.45, 7) is 7.43. The Morgan fingerprint density at radius 3 is 2.63 bits per heavy atom. The van der Waals surface area contributed by atoms with Gasteiger partial charge in [0.05, 0.1) is 0 Å². The maximum Gasteiger partial charge on any atom is 0.128 e. The van der Waals surface area contributed by atoms with E-state index in [1.807, 2.05) is 0 Å². The third-order valence-electron chi connectivity index (χ3n) is 3.39. The maximum absolute atomic E-state index is 14.0. The van der Waals surface area contributed by atoms with Crippen LogP contribution in [0.3, 0.4) is 0 Å². The van der Waals surface area contributed by atoms with Crippen molar-refractivity contribution in [2.45, 2.75) is 52.5 Å². The van der Waals surface area contributed by atoms with Crippen LogP contribution < -0.4 is 5.32 Å². The fraction of sp³-hybridized carbons (Fsp3) is 0.625. The molecule has 0 aliphatic carbocycles. The minimum absolute atomic E-state index is 0.0557. The van der Waals surface area contributed by atoms with E-state index in [-0.39, 0.29) is 11.9 Å². The summed E-state index contributed by atoms with van der Waals surface area (Å²) in [7, 11) is 0. The summed E-state index contributed by atoms with van der Waals surface area (Å²) in [6.07, 6.45) is 4.33. The zero-order chi connectivity index (χ0) is 14.3. The molecule has 0 amide bonds. The lowest BCUT2D eigenvalue weighted by molar-refractivity contribution is 0.381. The van der Waals surface area contributed by atoms with Crippen molar-refractivity contribution in [3.8, 4) is 0 Å². The van der Waals surface area contributed by atoms with Gasteiger partial charge in [0.25, 0.3) is 0 Å². The molecule has 1 nitrogen and oxygen atoms in total. The first-order chi connectivity index (χ1) is 9.08. The molecule has 0 bridgehead atoms. The highest BCUT2D eigenvalue weighted by Crippen LogP contribution is 2.28. The Balaban J connectivity index is 2.85. The predicted octanol–water partition coefficient (Wildman–Crippen LogP) is 5.35. The second-order valence-electron chi connectivity index (χ2n) is 5.30. The van der Waals surface area contributed by atoms with Gasteiger partial charge in [-0.1, -0.05) is 45.2 Å². The van der Waals surface area contributed by atoms with E-state index in [4.69, 9.17) is 11.6 Å². The average Bonchev–Trinajstić information content (AvgIpc) is 2.38. The zero-order valence-corrected chi connectivity index (χ0v) is 12.9. The van der Waals surface area contributed by atoms with Crippen molar-refractivity contribution in [2.75, 3.05) is 6.54 Å². The minimum Gasteiger partial charge on any atom is -0.310 e. The lowest BCUT2D eigenvalue weighted by Gasteiger charge is -2.23. The molecule has 3 heteroatoms. The van der Waals surface area contributed by atoms with E-state index in [1.165, 1.54) is 18.9 Å². The highest BCUT2D eigenvalue weighted by atomic mass is 35.5. The van der Waals surface area contributed by atoms with Crippen LogP contribution >= 0.6 is 11.6 Å². The largest absolute Gasteiger partial charge is 0.310 e. The van der Waals surface area contributed by atoms with Gasteiger partial charge in [-0.15, -0.1) is 0 Å². The molecular formula is C16H25ClFN. The average molecular weight is 286 g/mol. The standard InChI is InChI=1S/C16H25ClFN/c1-4-6-12(3)10-16(19-9-5-2)14-11-13(17)7-8-15(14)18/h7-8,11-12,16,19H,4-6,9-10H2,1-3H3. The predicted molar refractivity (Wildman–Crippen MR) is 81.1 cm³/mol. The summed E-state index contributed by atoms with van der Waals surface area (Å²) < 4.78 is 14.0. The van der Waals surface area contributed by atoms with E-state index in [1.54, 1.807) is 12.1 Å². The second-order valence-corrected chi connectivity index (χ2v) is 5.74. The molecule has 2 atom stereocenters. The molecule has 0 spiro atoms. The smallest absolute Gasteiger partial charge is 0.128 e. The van der Waals surface area contributed by atoms with E-state index >= 15 is 0 Å². The first-order valence-electron chi connectivity index (χ1n) is 7.26. The van der Waals surface area contributed by atoms with E-state index in [0.29, 0.717) is 16.5 Å². The number of benzene rings is 1. The molecule has 1 aromatic carbocycles. The Bertz CT molecular complexity index is 381. The highest BCUT2D eigenvalue weighted by Gasteiger charge is 2.18. The minimum atomic E-state index is -0.165. The molecule has 0 fully saturated rings. The van der Waals surface area contributed by atoms with Gasteiger partial charge in [0.2, 0.25) is 0 Å². The van der Waals surface area contributed by atoms with Crippen molar-refractivity contribution in [3.63, 3.8) is 0 Å². The van der Waals surface area contributed by atoms with Crippen LogP contribution in [0.4, 0.5) is 4.39 Å². The Kier molecular flexibility index (Phi) is 7.40. The molecule has 0 aliphatic heterocycles. The van der Waals surface area contributed by atoms with Gasteiger partial charge in [-0.2, -0.15) is 0 Å². The molecule has 0 radical (unpaired) electrons. The number of rotatable bonds is 8. The van der Waals surface area contributed by atoms with Crippen molar-refractivity contribution < 1.29 is 4.39 Å². The summed E-state index contributed by atoms with van der Waals surface area (Å²) in [6, 6.07) is 4.87. The van der Waals surface area contributed by atoms with Crippen LogP contribution in [0.1, 0.15) is 58.1 Å². The van der Waals surface area contributed by atoms with Gasteiger partial charge >= 0.3 is 0 Å². The molecule has 0 heterocycles. The number of hydrogen-bond donors (Lipinski definition) is 1. The fourth-order valence-electron chi connectivity index (χ4n) is 2.43. The van der Waals surface area contributed by atoms with E-state index in [9.17, 15) is 4.39 Å². The molecule has 0 aromatic heterocycles. The molecule has 1 N–H and O–H groups in total. The molecule has 2 unspecified atom stereocenters. The van der Waals surface area contributed by atoms with Gasteiger partial charge < -0.3 is 5.32 Å². The van der Waals surface area contributed by atoms with Crippen LogP contribution in [-0.4, -0.2) is 6.54 Å². The first kappa shape index (κ1) is 16.5. The third kappa shape index (κ3) is 5.50. The normalized spacial score (nSPS) is 14.4. The maximum atomic E-state index is 14.0. The highest BCUT2D eigenvalue weighted by molar-refractivity contribution is 6.30. The van der Waals surface area contributed by atoms with Crippen molar-refractivity contribution >= 4 is 11.6 Å². The third-order valence-corrected chi connectivity index (χ3v) is 3.63. The van der Waals surface area contributed by atoms with E-state index < -0.39 is 0 Å². The summed E-state index contributed by atoms with van der Waals surface area (Å²) in [5.74, 6) is 0.416. The van der Waals surface area contributed by atoms with Crippen molar-refractivity contribution in [2.24, 2.45) is 5.92 Å². The number of hydrogen-bond acceptors (Lipinski definition) is 1. The van der Waals surface area contributed by atoms with Gasteiger partial charge in [0.1, 0.15) is 5.82 Å². The Labute approximate surface area is 121 Å². The van der Waals surface area contributed by atoms with Gasteiger partial charge in [-0.3, -0.25) is 0 Å². The van der Waals surface area contributed by atoms with Gasteiger partial charge in [0, 0.05) is 16.6 Å². The molecule has 0 aliphatic rings. The number of halogens is 2. The molecule has 108 valence electrons. The number of nitrogens with one attached hydrogen (secondary N) is 1. The lowest BCUT2D eigenvalue weighted by Crippen LogP contribution is -2.25. The zero-order valence-electron chi connectivity index (χ0n) is 12.2. The Morgan fingerprint density at radius 1 is 1.26 bits per heavy atom. The van der Waals surface area contributed by atoms with Crippen LogP contribution in [0.15, 0.2) is 18.2 Å². The van der Waals surface area contributed by atoms with Gasteiger partial charge in [-0.25, -0.2) is 4.39 Å². The van der Waals surface area contributed by atoms with Crippen molar-refractivity contribution in [1.29, 1.82) is 0 Å². The van der Waals surface area contributed by atoms with E-state index in [2.05, 4.69) is 26.1 Å². The quantitative estimate of drug-likeness (QED) is 0.679. The molecule has 0 saturated heterocycles.